The van der Waals surface area contributed by atoms with Crippen molar-refractivity contribution < 1.29 is 18.8 Å². The average Bonchev–Trinajstić information content (AvgIpc) is 2.90. The van der Waals surface area contributed by atoms with Crippen LogP contribution in [0.5, 0.6) is 0 Å². The lowest BCUT2D eigenvalue weighted by Crippen LogP contribution is -2.40. The summed E-state index contributed by atoms with van der Waals surface area (Å²) in [5, 5.41) is 0. The number of amides is 1. The fraction of sp³-hybridized carbons (Fsp3) is 0.452. The molecule has 2 unspecified atom stereocenters. The second-order valence-electron chi connectivity index (χ2n) is 9.77. The minimum atomic E-state index is -0.398. The highest BCUT2D eigenvalue weighted by Crippen LogP contribution is 2.30. The van der Waals surface area contributed by atoms with Gasteiger partial charge in [-0.2, -0.15) is 0 Å². The lowest BCUT2D eigenvalue weighted by atomic mass is 9.90. The predicted octanol–water partition coefficient (Wildman–Crippen LogP) is 6.58. The Morgan fingerprint density at radius 2 is 2.03 bits per heavy atom. The van der Waals surface area contributed by atoms with Crippen molar-refractivity contribution in [2.75, 3.05) is 13.1 Å². The molecule has 2 rings (SSSR count). The predicted molar refractivity (Wildman–Crippen MR) is 152 cm³/mol. The third kappa shape index (κ3) is 10.3. The van der Waals surface area contributed by atoms with Crippen LogP contribution in [0.25, 0.3) is 0 Å². The third-order valence-electron chi connectivity index (χ3n) is 6.56. The first-order valence-electron chi connectivity index (χ1n) is 13.4. The van der Waals surface area contributed by atoms with E-state index in [4.69, 9.17) is 15.7 Å². The maximum absolute atomic E-state index is 13.7. The molecule has 3 atom stereocenters. The van der Waals surface area contributed by atoms with Gasteiger partial charge in [-0.15, -0.1) is 0 Å². The van der Waals surface area contributed by atoms with E-state index < -0.39 is 5.92 Å². The first-order valence-corrected chi connectivity index (χ1v) is 13.4. The molecule has 0 saturated carbocycles. The molecule has 1 heterocycles. The largest absolute Gasteiger partial charge is 0.300 e. The fourth-order valence-electron chi connectivity index (χ4n) is 4.39. The van der Waals surface area contributed by atoms with Crippen molar-refractivity contribution in [3.05, 3.63) is 83.8 Å². The molecule has 0 radical (unpaired) electrons. The number of carbonyl (C=O) groups is 2. The number of aliphatic imine (C=N–C) groups is 1. The van der Waals surface area contributed by atoms with Gasteiger partial charge in [-0.1, -0.05) is 80.1 Å². The minimum absolute atomic E-state index is 0.0884. The quantitative estimate of drug-likeness (QED) is 0.180. The number of Topliss-reactive ketones (excluding diaryl/α,β-unsaturated/α-hetero) is 1. The van der Waals surface area contributed by atoms with Gasteiger partial charge in [0.05, 0.1) is 12.5 Å². The van der Waals surface area contributed by atoms with Crippen molar-refractivity contribution >= 4 is 17.5 Å². The fourth-order valence-corrected chi connectivity index (χ4v) is 4.39. The van der Waals surface area contributed by atoms with Gasteiger partial charge in [-0.25, -0.2) is 10.3 Å². The second-order valence-corrected chi connectivity index (χ2v) is 9.77. The summed E-state index contributed by atoms with van der Waals surface area (Å²) < 4.78 is 13.7. The summed E-state index contributed by atoms with van der Waals surface area (Å²) in [5.41, 5.74) is 2.07. The topological polar surface area (TPSA) is 85.0 Å². The summed E-state index contributed by atoms with van der Waals surface area (Å²) in [6.45, 7) is 7.78. The van der Waals surface area contributed by atoms with E-state index in [9.17, 15) is 14.0 Å². The number of ketones is 1. The number of rotatable bonds is 13. The summed E-state index contributed by atoms with van der Waals surface area (Å²) in [7, 11) is 0. The Morgan fingerprint density at radius 1 is 1.29 bits per heavy atom. The van der Waals surface area contributed by atoms with Crippen molar-refractivity contribution in [2.45, 2.75) is 65.9 Å². The Labute approximate surface area is 226 Å². The van der Waals surface area contributed by atoms with E-state index in [-0.39, 0.29) is 36.1 Å². The highest BCUT2D eigenvalue weighted by Gasteiger charge is 2.24. The number of nitrogens with zero attached hydrogens (tertiary/aromatic N) is 2. The van der Waals surface area contributed by atoms with Gasteiger partial charge in [0, 0.05) is 19.4 Å². The van der Waals surface area contributed by atoms with Crippen LogP contribution in [-0.2, 0) is 14.4 Å². The number of halogens is 1. The first-order chi connectivity index (χ1) is 18.3. The van der Waals surface area contributed by atoms with Crippen LogP contribution in [0.4, 0.5) is 4.39 Å². The van der Waals surface area contributed by atoms with Crippen LogP contribution in [0.2, 0.25) is 0 Å². The van der Waals surface area contributed by atoms with E-state index in [0.29, 0.717) is 31.6 Å². The molecule has 1 aliphatic heterocycles. The average molecular weight is 524 g/mol. The molecule has 1 amide bonds. The zero-order valence-corrected chi connectivity index (χ0v) is 23.1. The SMILES string of the molecule is C/C=C(F)\C=C/CN1C(=O)C(C)/C=C\C(C[C@@H](C)C(ON)c2ccccc2)=C/C/N=C\1CCCCC(C)=O. The van der Waals surface area contributed by atoms with Crippen LogP contribution in [0.1, 0.15) is 71.5 Å². The zero-order chi connectivity index (χ0) is 27.9. The number of nitrogens with two attached hydrogens (primary N) is 1. The Bertz CT molecular complexity index is 1060. The number of amidine groups is 1. The molecule has 0 bridgehead atoms. The lowest BCUT2D eigenvalue weighted by molar-refractivity contribution is -0.129. The van der Waals surface area contributed by atoms with E-state index in [0.717, 1.165) is 24.0 Å². The maximum Gasteiger partial charge on any atom is 0.234 e. The Morgan fingerprint density at radius 3 is 2.68 bits per heavy atom. The molecule has 6 nitrogen and oxygen atoms in total. The molecule has 0 aromatic heterocycles. The van der Waals surface area contributed by atoms with Crippen molar-refractivity contribution in [3.63, 3.8) is 0 Å². The molecule has 0 spiro atoms. The van der Waals surface area contributed by atoms with Gasteiger partial charge in [-0.3, -0.25) is 19.5 Å². The number of benzene rings is 1. The van der Waals surface area contributed by atoms with Crippen molar-refractivity contribution in [1.29, 1.82) is 0 Å². The molecular formula is C31H42FN3O3. The number of hydrogen-bond acceptors (Lipinski definition) is 5. The Balaban J connectivity index is 2.29. The first kappa shape index (κ1) is 31.1. The normalized spacial score (nSPS) is 22.4. The second kappa shape index (κ2) is 16.6. The zero-order valence-electron chi connectivity index (χ0n) is 23.1. The maximum atomic E-state index is 13.7. The summed E-state index contributed by atoms with van der Waals surface area (Å²) in [6, 6.07) is 9.88. The number of unbranched alkanes of at least 4 members (excludes halogenated alkanes) is 1. The van der Waals surface area contributed by atoms with Gasteiger partial charge in [0.2, 0.25) is 5.91 Å². The molecule has 206 valence electrons. The molecule has 1 aliphatic rings. The van der Waals surface area contributed by atoms with Gasteiger partial charge < -0.3 is 4.79 Å². The van der Waals surface area contributed by atoms with E-state index in [1.54, 1.807) is 24.8 Å². The standard InChI is InChI=1S/C31H42FN3O3/c1-5-28(32)15-11-21-35-29(16-10-9-12-25(4)36)34-20-19-26(18-17-23(2)31(35)37)22-24(3)30(38-33)27-13-7-6-8-14-27/h5-8,11,13-15,17-19,23-24,30H,9-10,12,16,20-22,33H2,1-4H3/b15-11-,18-17-,26-19+,28-5+,34-29-/t23?,24-,30?/m1/s1. The van der Waals surface area contributed by atoms with Crippen LogP contribution >= 0.6 is 0 Å². The summed E-state index contributed by atoms with van der Waals surface area (Å²) in [4.78, 5) is 36.6. The Kier molecular flexibility index (Phi) is 13.6. The van der Waals surface area contributed by atoms with Crippen molar-refractivity contribution in [3.8, 4) is 0 Å². The molecule has 38 heavy (non-hydrogen) atoms. The van der Waals surface area contributed by atoms with Crippen molar-refractivity contribution in [2.24, 2.45) is 22.7 Å². The summed E-state index contributed by atoms with van der Waals surface area (Å²) >= 11 is 0. The minimum Gasteiger partial charge on any atom is -0.300 e. The van der Waals surface area contributed by atoms with Gasteiger partial charge in [-0.05, 0) is 50.7 Å². The van der Waals surface area contributed by atoms with Crippen LogP contribution < -0.4 is 5.90 Å². The van der Waals surface area contributed by atoms with E-state index in [1.165, 1.54) is 12.2 Å². The monoisotopic (exact) mass is 523 g/mol. The van der Waals surface area contributed by atoms with Crippen LogP contribution in [-0.4, -0.2) is 35.5 Å². The molecule has 1 aromatic carbocycles. The molecule has 0 aliphatic carbocycles. The smallest absolute Gasteiger partial charge is 0.234 e. The van der Waals surface area contributed by atoms with E-state index in [1.807, 2.05) is 49.4 Å². The summed E-state index contributed by atoms with van der Waals surface area (Å²) in [6.07, 6.45) is 13.3. The number of allylic oxidation sites excluding steroid dienone is 5. The lowest BCUT2D eigenvalue weighted by Gasteiger charge is -2.26. The van der Waals surface area contributed by atoms with Crippen LogP contribution in [0.15, 0.2) is 83.2 Å². The van der Waals surface area contributed by atoms with Gasteiger partial charge in [0.25, 0.3) is 0 Å². The molecule has 2 N–H and O–H groups in total. The number of hydrogen-bond donors (Lipinski definition) is 1. The highest BCUT2D eigenvalue weighted by atomic mass is 19.1. The van der Waals surface area contributed by atoms with E-state index in [2.05, 4.69) is 13.0 Å². The molecular weight excluding hydrogens is 481 g/mol. The van der Waals surface area contributed by atoms with Gasteiger partial charge >= 0.3 is 0 Å². The third-order valence-corrected chi connectivity index (χ3v) is 6.56. The molecule has 0 fully saturated rings. The van der Waals surface area contributed by atoms with Gasteiger partial charge in [0.15, 0.2) is 0 Å². The molecule has 0 saturated heterocycles. The molecule has 7 heteroatoms. The van der Waals surface area contributed by atoms with Crippen LogP contribution in [0.3, 0.4) is 0 Å². The van der Waals surface area contributed by atoms with E-state index >= 15 is 0 Å². The van der Waals surface area contributed by atoms with Gasteiger partial charge in [0.1, 0.15) is 23.5 Å². The Hall–Kier alpha value is -3.16. The molecule has 1 aromatic rings. The highest BCUT2D eigenvalue weighted by molar-refractivity contribution is 6.00. The van der Waals surface area contributed by atoms with Crippen LogP contribution in [0, 0.1) is 11.8 Å². The summed E-state index contributed by atoms with van der Waals surface area (Å²) in [5.74, 6) is 5.70. The van der Waals surface area contributed by atoms with Crippen molar-refractivity contribution in [1.82, 2.24) is 4.90 Å². The number of carbonyl (C=O) groups excluding carboxylic acids is 2.